The molecule has 1 N–H and O–H groups in total. The third-order valence-corrected chi connectivity index (χ3v) is 8.55. The zero-order chi connectivity index (χ0) is 34.1. The van der Waals surface area contributed by atoms with Crippen LogP contribution in [0.5, 0.6) is 11.5 Å². The van der Waals surface area contributed by atoms with Crippen LogP contribution in [0, 0.1) is 0 Å². The summed E-state index contributed by atoms with van der Waals surface area (Å²) in [4.78, 5) is 30.4. The Kier molecular flexibility index (Phi) is 11.3. The number of carbonyl (C=O) groups is 2. The van der Waals surface area contributed by atoms with E-state index in [-0.39, 0.29) is 18.2 Å². The zero-order valence-electron chi connectivity index (χ0n) is 28.7. The van der Waals surface area contributed by atoms with Crippen molar-refractivity contribution in [3.05, 3.63) is 108 Å². The lowest BCUT2D eigenvalue weighted by molar-refractivity contribution is 0.00988. The van der Waals surface area contributed by atoms with Gasteiger partial charge in [-0.25, -0.2) is 9.59 Å². The lowest BCUT2D eigenvalue weighted by Crippen LogP contribution is -2.43. The molecule has 3 amide bonds. The SMILES string of the molecule is COc1ccc(NC(=O)N(Cc2ccc(-c3ccc(CN(C(=O)OC(C)(C)C)C4CCCCC4)cc3)cc2)c2ccc(OC)cc2)cc1. The van der Waals surface area contributed by atoms with Crippen molar-refractivity contribution < 1.29 is 23.8 Å². The van der Waals surface area contributed by atoms with Gasteiger partial charge in [-0.05, 0) is 104 Å². The normalized spacial score (nSPS) is 13.4. The van der Waals surface area contributed by atoms with Crippen LogP contribution < -0.4 is 19.7 Å². The maximum absolute atomic E-state index is 13.6. The summed E-state index contributed by atoms with van der Waals surface area (Å²) >= 11 is 0. The van der Waals surface area contributed by atoms with Crippen molar-refractivity contribution in [3.63, 3.8) is 0 Å². The van der Waals surface area contributed by atoms with Crippen molar-refractivity contribution in [1.82, 2.24) is 4.90 Å². The Labute approximate surface area is 284 Å². The van der Waals surface area contributed by atoms with Crippen molar-refractivity contribution in [3.8, 4) is 22.6 Å². The third-order valence-electron chi connectivity index (χ3n) is 8.55. The first kappa shape index (κ1) is 34.4. The number of nitrogens with zero attached hydrogens (tertiary/aromatic N) is 2. The van der Waals surface area contributed by atoms with Gasteiger partial charge in [0, 0.05) is 24.0 Å². The molecule has 1 aliphatic carbocycles. The van der Waals surface area contributed by atoms with Gasteiger partial charge < -0.3 is 24.4 Å². The number of benzene rings is 4. The fourth-order valence-corrected chi connectivity index (χ4v) is 5.95. The van der Waals surface area contributed by atoms with E-state index in [0.717, 1.165) is 65.1 Å². The van der Waals surface area contributed by atoms with E-state index in [1.807, 2.05) is 86.3 Å². The highest BCUT2D eigenvalue weighted by Gasteiger charge is 2.29. The standard InChI is InChI=1S/C40H47N3O5/c1-40(2,3)48-39(45)43(34-9-7-6-8-10-34)28-30-13-17-32(18-14-30)31-15-11-29(12-16-31)27-42(35-21-25-37(47-5)26-22-35)38(44)41-33-19-23-36(46-4)24-20-33/h11-26,34H,6-10,27-28H2,1-5H3,(H,41,44). The third kappa shape index (κ3) is 9.31. The van der Waals surface area contributed by atoms with Gasteiger partial charge in [0.25, 0.3) is 0 Å². The largest absolute Gasteiger partial charge is 0.497 e. The monoisotopic (exact) mass is 649 g/mol. The lowest BCUT2D eigenvalue weighted by Gasteiger charge is -2.35. The number of nitrogens with one attached hydrogen (secondary N) is 1. The second kappa shape index (κ2) is 15.7. The minimum Gasteiger partial charge on any atom is -0.497 e. The van der Waals surface area contributed by atoms with Crippen LogP contribution in [0.25, 0.3) is 11.1 Å². The summed E-state index contributed by atoms with van der Waals surface area (Å²) in [7, 11) is 3.23. The Hall–Kier alpha value is -4.98. The van der Waals surface area contributed by atoms with Crippen LogP contribution >= 0.6 is 0 Å². The summed E-state index contributed by atoms with van der Waals surface area (Å²) in [5, 5.41) is 3.00. The highest BCUT2D eigenvalue weighted by atomic mass is 16.6. The first-order valence-corrected chi connectivity index (χ1v) is 16.7. The molecule has 48 heavy (non-hydrogen) atoms. The van der Waals surface area contributed by atoms with E-state index in [4.69, 9.17) is 14.2 Å². The predicted octanol–water partition coefficient (Wildman–Crippen LogP) is 9.68. The molecule has 0 spiro atoms. The van der Waals surface area contributed by atoms with Gasteiger partial charge in [-0.15, -0.1) is 0 Å². The summed E-state index contributed by atoms with van der Waals surface area (Å²) in [5.41, 5.74) is 5.09. The average Bonchev–Trinajstić information content (AvgIpc) is 3.10. The van der Waals surface area contributed by atoms with Gasteiger partial charge in [0.1, 0.15) is 17.1 Å². The molecule has 0 bridgehead atoms. The summed E-state index contributed by atoms with van der Waals surface area (Å²) in [6, 6.07) is 31.3. The van der Waals surface area contributed by atoms with E-state index < -0.39 is 5.60 Å². The number of ether oxygens (including phenoxy) is 3. The molecule has 0 atom stereocenters. The molecule has 0 heterocycles. The molecule has 1 aliphatic rings. The fraction of sp³-hybridized carbons (Fsp3) is 0.350. The molecule has 0 aromatic heterocycles. The molecule has 0 aliphatic heterocycles. The maximum atomic E-state index is 13.6. The Morgan fingerprint density at radius 1 is 0.688 bits per heavy atom. The van der Waals surface area contributed by atoms with Gasteiger partial charge >= 0.3 is 12.1 Å². The Morgan fingerprint density at radius 3 is 1.69 bits per heavy atom. The number of carbonyl (C=O) groups excluding carboxylic acids is 2. The van der Waals surface area contributed by atoms with Crippen LogP contribution in [0.3, 0.4) is 0 Å². The van der Waals surface area contributed by atoms with Crippen LogP contribution in [-0.2, 0) is 17.8 Å². The van der Waals surface area contributed by atoms with Crippen molar-refractivity contribution in [1.29, 1.82) is 0 Å². The Balaban J connectivity index is 1.29. The number of urea groups is 1. The fourth-order valence-electron chi connectivity index (χ4n) is 5.95. The van der Waals surface area contributed by atoms with Crippen LogP contribution in [-0.4, -0.2) is 42.9 Å². The molecule has 0 unspecified atom stereocenters. The van der Waals surface area contributed by atoms with Crippen molar-refractivity contribution in [2.75, 3.05) is 24.4 Å². The van der Waals surface area contributed by atoms with E-state index in [9.17, 15) is 9.59 Å². The van der Waals surface area contributed by atoms with E-state index in [1.165, 1.54) is 6.42 Å². The first-order valence-electron chi connectivity index (χ1n) is 16.7. The molecule has 0 saturated heterocycles. The smallest absolute Gasteiger partial charge is 0.410 e. The molecule has 4 aromatic carbocycles. The number of rotatable bonds is 10. The summed E-state index contributed by atoms with van der Waals surface area (Å²) < 4.78 is 16.4. The molecule has 8 nitrogen and oxygen atoms in total. The molecular formula is C40H47N3O5. The molecule has 0 radical (unpaired) electrons. The minimum absolute atomic E-state index is 0.205. The van der Waals surface area contributed by atoms with Gasteiger partial charge in [0.15, 0.2) is 0 Å². The predicted molar refractivity (Wildman–Crippen MR) is 192 cm³/mol. The average molecular weight is 650 g/mol. The molecular weight excluding hydrogens is 602 g/mol. The maximum Gasteiger partial charge on any atom is 0.410 e. The molecule has 1 fully saturated rings. The van der Waals surface area contributed by atoms with Gasteiger partial charge in [-0.1, -0.05) is 67.8 Å². The van der Waals surface area contributed by atoms with Crippen LogP contribution in [0.4, 0.5) is 21.0 Å². The highest BCUT2D eigenvalue weighted by Crippen LogP contribution is 2.28. The topological polar surface area (TPSA) is 80.3 Å². The van der Waals surface area contributed by atoms with E-state index >= 15 is 0 Å². The number of hydrogen-bond donors (Lipinski definition) is 1. The van der Waals surface area contributed by atoms with Crippen molar-refractivity contribution in [2.45, 2.75) is 77.6 Å². The second-order valence-corrected chi connectivity index (χ2v) is 13.2. The molecule has 8 heteroatoms. The van der Waals surface area contributed by atoms with Crippen molar-refractivity contribution >= 4 is 23.5 Å². The van der Waals surface area contributed by atoms with Crippen LogP contribution in [0.2, 0.25) is 0 Å². The number of methoxy groups -OCH3 is 2. The zero-order valence-corrected chi connectivity index (χ0v) is 28.7. The summed E-state index contributed by atoms with van der Waals surface area (Å²) in [6.45, 7) is 6.64. The first-order chi connectivity index (χ1) is 23.1. The number of hydrogen-bond acceptors (Lipinski definition) is 5. The van der Waals surface area contributed by atoms with E-state index in [0.29, 0.717) is 18.8 Å². The van der Waals surface area contributed by atoms with Crippen LogP contribution in [0.15, 0.2) is 97.1 Å². The van der Waals surface area contributed by atoms with Gasteiger partial charge in [0.2, 0.25) is 0 Å². The van der Waals surface area contributed by atoms with Gasteiger partial charge in [0.05, 0.1) is 20.8 Å². The van der Waals surface area contributed by atoms with Crippen LogP contribution in [0.1, 0.15) is 64.0 Å². The molecule has 4 aromatic rings. The van der Waals surface area contributed by atoms with Gasteiger partial charge in [-0.3, -0.25) is 4.90 Å². The summed E-state index contributed by atoms with van der Waals surface area (Å²) in [6.07, 6.45) is 5.30. The van der Waals surface area contributed by atoms with E-state index in [2.05, 4.69) is 41.7 Å². The molecule has 252 valence electrons. The quantitative estimate of drug-likeness (QED) is 0.185. The Bertz CT molecular complexity index is 1620. The van der Waals surface area contributed by atoms with Crippen molar-refractivity contribution in [2.24, 2.45) is 0 Å². The Morgan fingerprint density at radius 2 is 1.19 bits per heavy atom. The van der Waals surface area contributed by atoms with Gasteiger partial charge in [-0.2, -0.15) is 0 Å². The van der Waals surface area contributed by atoms with E-state index in [1.54, 1.807) is 19.1 Å². The highest BCUT2D eigenvalue weighted by molar-refractivity contribution is 6.01. The minimum atomic E-state index is -0.536. The summed E-state index contributed by atoms with van der Waals surface area (Å²) in [5.74, 6) is 1.44. The molecule has 5 rings (SSSR count). The number of anilines is 2. The lowest BCUT2D eigenvalue weighted by atomic mass is 9.94. The molecule has 1 saturated carbocycles. The second-order valence-electron chi connectivity index (χ2n) is 13.2. The number of amides is 3.